The molecule has 0 aliphatic rings. The molecule has 1 amide bonds. The Morgan fingerprint density at radius 2 is 2.19 bits per heavy atom. The summed E-state index contributed by atoms with van der Waals surface area (Å²) in [7, 11) is 0. The fourth-order valence-electron chi connectivity index (χ4n) is 2.19. The minimum atomic E-state index is -0.776. The Bertz CT molecular complexity index is 812. The molecule has 0 spiro atoms. The molecule has 6 heteroatoms. The van der Waals surface area contributed by atoms with Gasteiger partial charge in [0.25, 0.3) is 5.91 Å². The van der Waals surface area contributed by atoms with Gasteiger partial charge in [-0.05, 0) is 35.9 Å². The number of rotatable bonds is 4. The van der Waals surface area contributed by atoms with Gasteiger partial charge in [-0.15, -0.1) is 0 Å². The number of hydrogen-bond donors (Lipinski definition) is 3. The van der Waals surface area contributed by atoms with E-state index in [0.29, 0.717) is 12.2 Å². The summed E-state index contributed by atoms with van der Waals surface area (Å²) in [6.45, 7) is 0.520. The number of nitrogens with zero attached hydrogens (tertiary/aromatic N) is 1. The maximum Gasteiger partial charge on any atom is 0.251 e. The Kier molecular flexibility index (Phi) is 3.27. The molecule has 21 heavy (non-hydrogen) atoms. The molecule has 3 rings (SSSR count). The summed E-state index contributed by atoms with van der Waals surface area (Å²) in [5.41, 5.74) is 7.39. The first-order valence-corrected chi connectivity index (χ1v) is 6.39. The van der Waals surface area contributed by atoms with Crippen LogP contribution in [0.15, 0.2) is 42.7 Å². The molecule has 4 N–H and O–H groups in total. The SMILES string of the molecule is NC(=O)c1ccc(NCc2ccnc3[nH]ccc23)cc1F. The fraction of sp³-hybridized carbons (Fsp3) is 0.0667. The number of nitrogens with two attached hydrogens (primary N) is 1. The van der Waals surface area contributed by atoms with E-state index in [1.165, 1.54) is 12.1 Å². The molecule has 3 aromatic rings. The van der Waals surface area contributed by atoms with E-state index in [1.54, 1.807) is 12.3 Å². The van der Waals surface area contributed by atoms with Crippen molar-refractivity contribution >= 4 is 22.6 Å². The van der Waals surface area contributed by atoms with E-state index in [4.69, 9.17) is 5.73 Å². The van der Waals surface area contributed by atoms with Crippen LogP contribution in [0.5, 0.6) is 0 Å². The number of aromatic nitrogens is 2. The van der Waals surface area contributed by atoms with Crippen LogP contribution in [-0.2, 0) is 6.54 Å². The van der Waals surface area contributed by atoms with Crippen LogP contribution < -0.4 is 11.1 Å². The predicted molar refractivity (Wildman–Crippen MR) is 78.3 cm³/mol. The minimum absolute atomic E-state index is 0.113. The van der Waals surface area contributed by atoms with Crippen LogP contribution in [0.4, 0.5) is 10.1 Å². The van der Waals surface area contributed by atoms with Crippen LogP contribution >= 0.6 is 0 Å². The van der Waals surface area contributed by atoms with Crippen LogP contribution in [0.3, 0.4) is 0 Å². The van der Waals surface area contributed by atoms with Gasteiger partial charge in [-0.25, -0.2) is 9.37 Å². The topological polar surface area (TPSA) is 83.8 Å². The molecule has 0 aliphatic carbocycles. The summed E-state index contributed by atoms with van der Waals surface area (Å²) in [5.74, 6) is -1.41. The van der Waals surface area contributed by atoms with Gasteiger partial charge >= 0.3 is 0 Å². The molecule has 0 bridgehead atoms. The summed E-state index contributed by atoms with van der Waals surface area (Å²) in [6.07, 6.45) is 3.54. The molecule has 0 saturated heterocycles. The Morgan fingerprint density at radius 3 is 2.95 bits per heavy atom. The van der Waals surface area contributed by atoms with E-state index in [0.717, 1.165) is 16.6 Å². The van der Waals surface area contributed by atoms with E-state index >= 15 is 0 Å². The largest absolute Gasteiger partial charge is 0.381 e. The highest BCUT2D eigenvalue weighted by atomic mass is 19.1. The number of pyridine rings is 1. The average molecular weight is 284 g/mol. The lowest BCUT2D eigenvalue weighted by molar-refractivity contribution is 0.0996. The number of nitrogens with one attached hydrogen (secondary N) is 2. The second-order valence-electron chi connectivity index (χ2n) is 4.62. The van der Waals surface area contributed by atoms with Gasteiger partial charge in [0.1, 0.15) is 11.5 Å². The first-order valence-electron chi connectivity index (χ1n) is 6.39. The van der Waals surface area contributed by atoms with E-state index in [1.807, 2.05) is 18.3 Å². The van der Waals surface area contributed by atoms with Gasteiger partial charge in [-0.2, -0.15) is 0 Å². The van der Waals surface area contributed by atoms with Crippen molar-refractivity contribution in [3.8, 4) is 0 Å². The smallest absolute Gasteiger partial charge is 0.251 e. The number of anilines is 1. The molecule has 5 nitrogen and oxygen atoms in total. The number of halogens is 1. The molecule has 0 aliphatic heterocycles. The van der Waals surface area contributed by atoms with Gasteiger partial charge in [0.2, 0.25) is 0 Å². The first-order chi connectivity index (χ1) is 10.1. The van der Waals surface area contributed by atoms with Crippen molar-refractivity contribution < 1.29 is 9.18 Å². The highest BCUT2D eigenvalue weighted by Crippen LogP contribution is 2.18. The molecule has 1 aromatic carbocycles. The van der Waals surface area contributed by atoms with Crippen molar-refractivity contribution in [1.29, 1.82) is 0 Å². The number of fused-ring (bicyclic) bond motifs is 1. The highest BCUT2D eigenvalue weighted by molar-refractivity contribution is 5.93. The zero-order valence-corrected chi connectivity index (χ0v) is 11.1. The molecular formula is C15H13FN4O. The lowest BCUT2D eigenvalue weighted by Crippen LogP contribution is -2.13. The van der Waals surface area contributed by atoms with Crippen LogP contribution in [0, 0.1) is 5.82 Å². The van der Waals surface area contributed by atoms with Crippen molar-refractivity contribution in [1.82, 2.24) is 9.97 Å². The van der Waals surface area contributed by atoms with Gasteiger partial charge in [0, 0.05) is 30.0 Å². The third-order valence-corrected chi connectivity index (χ3v) is 3.27. The van der Waals surface area contributed by atoms with E-state index < -0.39 is 11.7 Å². The van der Waals surface area contributed by atoms with Crippen LogP contribution in [0.2, 0.25) is 0 Å². The number of hydrogen-bond acceptors (Lipinski definition) is 3. The summed E-state index contributed by atoms with van der Waals surface area (Å²) < 4.78 is 13.7. The molecule has 2 aromatic heterocycles. The number of benzene rings is 1. The third kappa shape index (κ3) is 2.55. The van der Waals surface area contributed by atoms with Crippen LogP contribution in [-0.4, -0.2) is 15.9 Å². The number of carbonyl (C=O) groups is 1. The number of carbonyl (C=O) groups excluding carboxylic acids is 1. The zero-order valence-electron chi connectivity index (χ0n) is 11.1. The number of aromatic amines is 1. The van der Waals surface area contributed by atoms with Gasteiger partial charge in [-0.1, -0.05) is 0 Å². The highest BCUT2D eigenvalue weighted by Gasteiger charge is 2.09. The molecule has 2 heterocycles. The van der Waals surface area contributed by atoms with Crippen molar-refractivity contribution in [3.05, 3.63) is 59.7 Å². The second-order valence-corrected chi connectivity index (χ2v) is 4.62. The lowest BCUT2D eigenvalue weighted by atomic mass is 10.1. The van der Waals surface area contributed by atoms with Gasteiger partial charge in [0.15, 0.2) is 0 Å². The summed E-state index contributed by atoms with van der Waals surface area (Å²) >= 11 is 0. The maximum atomic E-state index is 13.7. The molecule has 0 radical (unpaired) electrons. The van der Waals surface area contributed by atoms with E-state index in [-0.39, 0.29) is 5.56 Å². The van der Waals surface area contributed by atoms with Gasteiger partial charge in [0.05, 0.1) is 5.56 Å². The van der Waals surface area contributed by atoms with Crippen molar-refractivity contribution in [2.24, 2.45) is 5.73 Å². The van der Waals surface area contributed by atoms with Crippen LogP contribution in [0.25, 0.3) is 11.0 Å². The molecular weight excluding hydrogens is 271 g/mol. The van der Waals surface area contributed by atoms with Gasteiger partial charge in [-0.3, -0.25) is 4.79 Å². The molecule has 106 valence electrons. The fourth-order valence-corrected chi connectivity index (χ4v) is 2.19. The van der Waals surface area contributed by atoms with Crippen LogP contribution in [0.1, 0.15) is 15.9 Å². The maximum absolute atomic E-state index is 13.7. The van der Waals surface area contributed by atoms with Crippen molar-refractivity contribution in [2.75, 3.05) is 5.32 Å². The number of H-pyrrole nitrogens is 1. The first kappa shape index (κ1) is 13.1. The normalized spacial score (nSPS) is 10.7. The van der Waals surface area contributed by atoms with Crippen molar-refractivity contribution in [3.63, 3.8) is 0 Å². The minimum Gasteiger partial charge on any atom is -0.381 e. The van der Waals surface area contributed by atoms with Crippen molar-refractivity contribution in [2.45, 2.75) is 6.54 Å². The summed E-state index contributed by atoms with van der Waals surface area (Å²) in [4.78, 5) is 18.2. The second kappa shape index (κ2) is 5.24. The van der Waals surface area contributed by atoms with Gasteiger partial charge < -0.3 is 16.0 Å². The Labute approximate surface area is 120 Å². The number of primary amides is 1. The molecule has 0 fully saturated rings. The molecule has 0 saturated carbocycles. The summed E-state index contributed by atoms with van der Waals surface area (Å²) in [5, 5.41) is 4.13. The Morgan fingerprint density at radius 1 is 1.33 bits per heavy atom. The molecule has 0 unspecified atom stereocenters. The van der Waals surface area contributed by atoms with E-state index in [2.05, 4.69) is 15.3 Å². The number of amides is 1. The predicted octanol–water partition coefficient (Wildman–Crippen LogP) is 2.41. The zero-order chi connectivity index (χ0) is 14.8. The third-order valence-electron chi connectivity index (χ3n) is 3.27. The monoisotopic (exact) mass is 284 g/mol. The quantitative estimate of drug-likeness (QED) is 0.688. The average Bonchev–Trinajstić information content (AvgIpc) is 2.93. The standard InChI is InChI=1S/C15H13FN4O/c16-13-7-10(1-2-12(13)14(17)21)20-8-9-3-5-18-15-11(9)4-6-19-15/h1-7,20H,8H2,(H2,17,21)(H,18,19). The Balaban J connectivity index is 1.80. The summed E-state index contributed by atoms with van der Waals surface area (Å²) in [6, 6.07) is 8.10. The Hall–Kier alpha value is -2.89. The van der Waals surface area contributed by atoms with E-state index in [9.17, 15) is 9.18 Å². The molecule has 0 atom stereocenters. The lowest BCUT2D eigenvalue weighted by Gasteiger charge is -2.08.